The lowest BCUT2D eigenvalue weighted by Gasteiger charge is -2.14. The maximum absolute atomic E-state index is 6.24. The summed E-state index contributed by atoms with van der Waals surface area (Å²) < 4.78 is 18.5. The van der Waals surface area contributed by atoms with E-state index in [4.69, 9.17) is 58.1 Å². The smallest absolute Gasteiger partial charge is 0.164 e. The molecule has 650 valence electrons. The van der Waals surface area contributed by atoms with Crippen molar-refractivity contribution in [2.45, 2.75) is 0 Å². The lowest BCUT2D eigenvalue weighted by molar-refractivity contribution is 0.668. The Balaban J connectivity index is 0.000000111. The summed E-state index contributed by atoms with van der Waals surface area (Å²) >= 11 is 0. The SMILES string of the molecule is c1ccc(-c2ccc(-c3nc(-c4ccccc4)nc(-c4ccc(-c5cccc6oc7ccccc7c56)c5ccccc45)n3)cc2)cc1.c1ccc(-c2ccc(-c3nc(-c4ccccc4)nc(-c4ccc(-c5cccc6oc7ccccc7c56)cc4)n3)cc2)cc1.c1ccc2cc(-c3nc(-c4ccc5ccccc5c4)nc(-c4ccc(-c5ccc6oc7ccccc7c6c5)c5ccccc45)n3)ccc2c1. The van der Waals surface area contributed by atoms with Crippen LogP contribution in [0.25, 0.3) is 267 Å². The zero-order valence-electron chi connectivity index (χ0n) is 74.9. The highest BCUT2D eigenvalue weighted by atomic mass is 16.3. The van der Waals surface area contributed by atoms with Gasteiger partial charge in [-0.3, -0.25) is 0 Å². The molecule has 27 rings (SSSR count). The molecule has 12 heteroatoms. The zero-order valence-corrected chi connectivity index (χ0v) is 74.9. The Hall–Kier alpha value is -18.9. The van der Waals surface area contributed by atoms with Crippen LogP contribution in [0.1, 0.15) is 0 Å². The van der Waals surface area contributed by atoms with Crippen LogP contribution in [0.4, 0.5) is 0 Å². The van der Waals surface area contributed by atoms with Crippen molar-refractivity contribution in [1.82, 2.24) is 44.9 Å². The van der Waals surface area contributed by atoms with Crippen LogP contribution in [0.3, 0.4) is 0 Å². The van der Waals surface area contributed by atoms with Gasteiger partial charge in [0.25, 0.3) is 0 Å². The summed E-state index contributed by atoms with van der Waals surface area (Å²) in [5.41, 5.74) is 25.3. The monoisotopic (exact) mass is 1780 g/mol. The van der Waals surface area contributed by atoms with Gasteiger partial charge in [0, 0.05) is 82.4 Å². The number of fused-ring (bicyclic) bond motifs is 13. The standard InChI is InChI=1S/C45H27N3O.C43H27N3O.C39H25N3O/c1-3-11-30-25-33(19-17-28(30)9-1)43-46-44(34-20-18-29-10-2-4-12-31(29)26-34)48-45(47-43)39-23-22-35(36-13-5-6-14-37(36)39)32-21-24-42-40(27-32)38-15-7-8-16-41(38)49-42;1-3-12-28(13-4-1)29-22-24-31(25-23-29)42-44-41(30-14-5-2-6-15-30)45-43(46-42)36-27-26-34(32-16-7-8-17-33(32)36)35-19-11-21-39-40(35)37-18-9-10-20-38(37)47-39;1-3-10-26(11-4-1)27-18-22-30(23-19-27)38-40-37(29-12-5-2-6-13-29)41-39(42-38)31-24-20-28(21-25-31)32-15-9-17-35-36(32)33-14-7-8-16-34(33)43-35/h1-27H;1-27H;1-25H. The van der Waals surface area contributed by atoms with Crippen molar-refractivity contribution in [3.63, 3.8) is 0 Å². The largest absolute Gasteiger partial charge is 0.456 e. The van der Waals surface area contributed by atoms with E-state index in [0.717, 1.165) is 193 Å². The van der Waals surface area contributed by atoms with Gasteiger partial charge in [0.1, 0.15) is 33.5 Å². The predicted molar refractivity (Wildman–Crippen MR) is 567 cm³/mol. The highest BCUT2D eigenvalue weighted by Crippen LogP contribution is 2.46. The molecule has 139 heavy (non-hydrogen) atoms. The fourth-order valence-electron chi connectivity index (χ4n) is 19.2. The topological polar surface area (TPSA) is 155 Å². The van der Waals surface area contributed by atoms with Crippen LogP contribution < -0.4 is 0 Å². The molecule has 0 aliphatic rings. The molecule has 0 N–H and O–H groups in total. The Morgan fingerprint density at radius 2 is 0.381 bits per heavy atom. The molecule has 0 bridgehead atoms. The maximum Gasteiger partial charge on any atom is 0.164 e. The predicted octanol–water partition coefficient (Wildman–Crippen LogP) is 33.3. The van der Waals surface area contributed by atoms with Gasteiger partial charge < -0.3 is 13.3 Å². The molecule has 0 spiro atoms. The van der Waals surface area contributed by atoms with Crippen LogP contribution in [0.2, 0.25) is 0 Å². The Bertz CT molecular complexity index is 9280. The molecule has 21 aromatic carbocycles. The average molecular weight is 1780 g/mol. The number of nitrogens with zero attached hydrogens (tertiary/aromatic N) is 9. The Morgan fingerprint density at radius 1 is 0.115 bits per heavy atom. The molecule has 0 aliphatic heterocycles. The minimum absolute atomic E-state index is 0.634. The van der Waals surface area contributed by atoms with E-state index in [0.29, 0.717) is 52.4 Å². The number of rotatable bonds is 14. The van der Waals surface area contributed by atoms with Crippen molar-refractivity contribution in [1.29, 1.82) is 0 Å². The third-order valence-electron chi connectivity index (χ3n) is 26.1. The van der Waals surface area contributed by atoms with Crippen LogP contribution in [0.5, 0.6) is 0 Å². The Kier molecular flexibility index (Phi) is 21.0. The van der Waals surface area contributed by atoms with E-state index in [2.05, 4.69) is 352 Å². The van der Waals surface area contributed by atoms with Gasteiger partial charge in [-0.2, -0.15) is 0 Å². The summed E-state index contributed by atoms with van der Waals surface area (Å²) in [6.45, 7) is 0. The molecular weight excluding hydrogens is 1700 g/mol. The third kappa shape index (κ3) is 15.8. The van der Waals surface area contributed by atoms with Crippen molar-refractivity contribution in [2.24, 2.45) is 0 Å². The van der Waals surface area contributed by atoms with E-state index < -0.39 is 0 Å². The van der Waals surface area contributed by atoms with Crippen molar-refractivity contribution < 1.29 is 13.3 Å². The van der Waals surface area contributed by atoms with Gasteiger partial charge in [-0.05, 0) is 165 Å². The summed E-state index contributed by atoms with van der Waals surface area (Å²) in [6.07, 6.45) is 0. The van der Waals surface area contributed by atoms with Crippen LogP contribution in [-0.4, -0.2) is 44.9 Å². The highest BCUT2D eigenvalue weighted by molar-refractivity contribution is 6.17. The minimum atomic E-state index is 0.634. The van der Waals surface area contributed by atoms with E-state index in [9.17, 15) is 0 Å². The lowest BCUT2D eigenvalue weighted by Crippen LogP contribution is -2.01. The summed E-state index contributed by atoms with van der Waals surface area (Å²) in [5, 5.41) is 15.8. The number of para-hydroxylation sites is 3. The molecule has 6 heterocycles. The van der Waals surface area contributed by atoms with Crippen LogP contribution in [0, 0.1) is 0 Å². The van der Waals surface area contributed by atoms with Gasteiger partial charge in [-0.1, -0.05) is 413 Å². The number of benzene rings is 21. The zero-order chi connectivity index (χ0) is 92.1. The van der Waals surface area contributed by atoms with Crippen molar-refractivity contribution >= 4 is 109 Å². The van der Waals surface area contributed by atoms with Crippen molar-refractivity contribution in [3.8, 4) is 158 Å². The summed E-state index contributed by atoms with van der Waals surface area (Å²) in [4.78, 5) is 45.3. The molecule has 0 amide bonds. The molecular formula is C127H79N9O3. The first kappa shape index (κ1) is 82.0. The molecule has 0 fully saturated rings. The summed E-state index contributed by atoms with van der Waals surface area (Å²) in [7, 11) is 0. The normalized spacial score (nSPS) is 11.5. The molecule has 12 nitrogen and oxygen atoms in total. The number of furan rings is 3. The molecule has 0 unspecified atom stereocenters. The van der Waals surface area contributed by atoms with Gasteiger partial charge >= 0.3 is 0 Å². The van der Waals surface area contributed by atoms with E-state index in [1.165, 1.54) is 21.9 Å². The minimum Gasteiger partial charge on any atom is -0.456 e. The van der Waals surface area contributed by atoms with Crippen molar-refractivity contribution in [2.75, 3.05) is 0 Å². The van der Waals surface area contributed by atoms with Crippen molar-refractivity contribution in [3.05, 3.63) is 479 Å². The molecule has 0 saturated heterocycles. The lowest BCUT2D eigenvalue weighted by atomic mass is 9.92. The second-order valence-electron chi connectivity index (χ2n) is 34.5. The van der Waals surface area contributed by atoms with Crippen LogP contribution >= 0.6 is 0 Å². The first-order valence-electron chi connectivity index (χ1n) is 46.4. The Morgan fingerprint density at radius 3 is 0.827 bits per heavy atom. The molecule has 0 radical (unpaired) electrons. The van der Waals surface area contributed by atoms with E-state index >= 15 is 0 Å². The number of hydrogen-bond donors (Lipinski definition) is 0. The molecule has 0 atom stereocenters. The van der Waals surface area contributed by atoms with Crippen LogP contribution in [-0.2, 0) is 0 Å². The second kappa shape index (κ2) is 35.6. The van der Waals surface area contributed by atoms with Gasteiger partial charge in [0.2, 0.25) is 0 Å². The van der Waals surface area contributed by atoms with Gasteiger partial charge in [0.05, 0.1) is 0 Å². The summed E-state index contributed by atoms with van der Waals surface area (Å²) in [6, 6.07) is 165. The fraction of sp³-hybridized carbons (Fsp3) is 0. The first-order chi connectivity index (χ1) is 68.8. The molecule has 0 saturated carbocycles. The maximum atomic E-state index is 6.24. The highest BCUT2D eigenvalue weighted by Gasteiger charge is 2.24. The molecule has 27 aromatic rings. The van der Waals surface area contributed by atoms with Crippen LogP contribution in [0.15, 0.2) is 492 Å². The summed E-state index contributed by atoms with van der Waals surface area (Å²) in [5.74, 6) is 5.75. The quantitative estimate of drug-likeness (QED) is 0.102. The Labute approximate surface area is 799 Å². The third-order valence-corrected chi connectivity index (χ3v) is 26.1. The number of hydrogen-bond acceptors (Lipinski definition) is 12. The molecule has 6 aromatic heterocycles. The van der Waals surface area contributed by atoms with Gasteiger partial charge in [0.15, 0.2) is 52.4 Å². The van der Waals surface area contributed by atoms with E-state index in [1.54, 1.807) is 0 Å². The second-order valence-corrected chi connectivity index (χ2v) is 34.5. The fourth-order valence-corrected chi connectivity index (χ4v) is 19.2. The van der Waals surface area contributed by atoms with Gasteiger partial charge in [-0.15, -0.1) is 0 Å². The average Bonchev–Trinajstić information content (AvgIpc) is 1.71. The first-order valence-corrected chi connectivity index (χ1v) is 46.4. The number of aromatic nitrogens is 9. The van der Waals surface area contributed by atoms with E-state index in [-0.39, 0.29) is 0 Å². The van der Waals surface area contributed by atoms with Gasteiger partial charge in [-0.25, -0.2) is 44.9 Å². The molecule has 0 aliphatic carbocycles. The van der Waals surface area contributed by atoms with E-state index in [1.807, 2.05) is 127 Å².